The smallest absolute Gasteiger partial charge is 0.235 e. The standard InChI is InChI=1S/C28H29NO3.H2/c1-18(2)14-20-5-7-21(8-6-20)24-16-23(10-4-19(24)3)29-27(30)28(12-13-28)22-9-11-25-26(15-22)32-17-31-25;/h4-11,15-16,18H,12-14,17H2,1-3H3,(H,29,30);1H. The lowest BCUT2D eigenvalue weighted by Gasteiger charge is -2.17. The Morgan fingerprint density at radius 2 is 1.75 bits per heavy atom. The largest absolute Gasteiger partial charge is 0.454 e. The summed E-state index contributed by atoms with van der Waals surface area (Å²) in [5.41, 5.74) is 6.20. The second-order valence-electron chi connectivity index (χ2n) is 9.43. The molecule has 1 amide bonds. The van der Waals surface area contributed by atoms with Crippen LogP contribution in [0.5, 0.6) is 11.5 Å². The molecule has 0 atom stereocenters. The van der Waals surface area contributed by atoms with Crippen molar-refractivity contribution in [3.8, 4) is 22.6 Å². The van der Waals surface area contributed by atoms with Crippen molar-refractivity contribution in [2.75, 3.05) is 12.1 Å². The fourth-order valence-electron chi connectivity index (χ4n) is 4.52. The Morgan fingerprint density at radius 1 is 1.00 bits per heavy atom. The highest BCUT2D eigenvalue weighted by molar-refractivity contribution is 6.02. The third-order valence-electron chi connectivity index (χ3n) is 6.51. The first-order valence-electron chi connectivity index (χ1n) is 11.4. The van der Waals surface area contributed by atoms with E-state index in [1.165, 1.54) is 16.7 Å². The van der Waals surface area contributed by atoms with Crippen LogP contribution in [0.3, 0.4) is 0 Å². The monoisotopic (exact) mass is 429 g/mol. The molecule has 3 aromatic carbocycles. The average molecular weight is 430 g/mol. The number of rotatable bonds is 6. The molecule has 0 saturated heterocycles. The number of amides is 1. The number of hydrogen-bond acceptors (Lipinski definition) is 3. The number of ether oxygens (including phenoxy) is 2. The van der Waals surface area contributed by atoms with Gasteiger partial charge in [0.2, 0.25) is 12.7 Å². The van der Waals surface area contributed by atoms with E-state index in [0.717, 1.165) is 47.6 Å². The van der Waals surface area contributed by atoms with E-state index < -0.39 is 5.41 Å². The van der Waals surface area contributed by atoms with E-state index in [1.54, 1.807) is 0 Å². The number of carbonyl (C=O) groups excluding carboxylic acids is 1. The summed E-state index contributed by atoms with van der Waals surface area (Å²) >= 11 is 0. The molecule has 1 fully saturated rings. The maximum atomic E-state index is 13.3. The van der Waals surface area contributed by atoms with E-state index in [1.807, 2.05) is 24.3 Å². The Bertz CT molecular complexity index is 1170. The number of carbonyl (C=O) groups is 1. The molecule has 1 aliphatic carbocycles. The average Bonchev–Trinajstić information content (AvgIpc) is 3.46. The number of aryl methyl sites for hydroxylation is 1. The van der Waals surface area contributed by atoms with Gasteiger partial charge in [0.1, 0.15) is 0 Å². The van der Waals surface area contributed by atoms with E-state index in [-0.39, 0.29) is 14.1 Å². The number of benzene rings is 3. The summed E-state index contributed by atoms with van der Waals surface area (Å²) < 4.78 is 10.9. The Kier molecular flexibility index (Phi) is 5.16. The minimum absolute atomic E-state index is 0. The van der Waals surface area contributed by atoms with Crippen molar-refractivity contribution in [3.63, 3.8) is 0 Å². The quantitative estimate of drug-likeness (QED) is 0.486. The van der Waals surface area contributed by atoms with Crippen molar-refractivity contribution in [1.82, 2.24) is 0 Å². The fraction of sp³-hybridized carbons (Fsp3) is 0.321. The van der Waals surface area contributed by atoms with E-state index in [0.29, 0.717) is 5.92 Å². The fourth-order valence-corrected chi connectivity index (χ4v) is 4.52. The number of fused-ring (bicyclic) bond motifs is 1. The summed E-state index contributed by atoms with van der Waals surface area (Å²) in [5, 5.41) is 3.17. The second kappa shape index (κ2) is 8.01. The molecular weight excluding hydrogens is 398 g/mol. The van der Waals surface area contributed by atoms with E-state index in [2.05, 4.69) is 62.5 Å². The molecule has 0 unspecified atom stereocenters. The van der Waals surface area contributed by atoms with Crippen LogP contribution in [0.4, 0.5) is 5.69 Å². The molecule has 4 heteroatoms. The molecule has 1 N–H and O–H groups in total. The SMILES string of the molecule is Cc1ccc(NC(=O)C2(c3ccc4c(c3)OCO4)CC2)cc1-c1ccc(CC(C)C)cc1.[HH]. The third kappa shape index (κ3) is 3.86. The van der Waals surface area contributed by atoms with Gasteiger partial charge in [-0.1, -0.05) is 50.2 Å². The Hall–Kier alpha value is -3.27. The highest BCUT2D eigenvalue weighted by Gasteiger charge is 2.51. The second-order valence-corrected chi connectivity index (χ2v) is 9.43. The number of nitrogens with one attached hydrogen (secondary N) is 1. The molecule has 5 rings (SSSR count). The van der Waals surface area contributed by atoms with Crippen molar-refractivity contribution >= 4 is 11.6 Å². The van der Waals surface area contributed by atoms with E-state index >= 15 is 0 Å². The highest BCUT2D eigenvalue weighted by Crippen LogP contribution is 2.51. The minimum Gasteiger partial charge on any atom is -0.454 e. The van der Waals surface area contributed by atoms with Crippen molar-refractivity contribution < 1.29 is 15.7 Å². The van der Waals surface area contributed by atoms with E-state index in [9.17, 15) is 4.79 Å². The van der Waals surface area contributed by atoms with Gasteiger partial charge in [0.05, 0.1) is 5.41 Å². The molecular formula is C28H31NO3. The molecule has 32 heavy (non-hydrogen) atoms. The van der Waals surface area contributed by atoms with Crippen LogP contribution in [0.1, 0.15) is 44.8 Å². The molecule has 4 nitrogen and oxygen atoms in total. The Labute approximate surface area is 191 Å². The summed E-state index contributed by atoms with van der Waals surface area (Å²) in [4.78, 5) is 13.3. The van der Waals surface area contributed by atoms with Gasteiger partial charge in [-0.05, 0) is 84.2 Å². The molecule has 166 valence electrons. The lowest BCUT2D eigenvalue weighted by molar-refractivity contribution is -0.118. The zero-order chi connectivity index (χ0) is 22.3. The Morgan fingerprint density at radius 3 is 2.47 bits per heavy atom. The lowest BCUT2D eigenvalue weighted by atomic mass is 9.94. The molecule has 0 spiro atoms. The first kappa shape index (κ1) is 20.6. The summed E-state index contributed by atoms with van der Waals surface area (Å²) in [5.74, 6) is 2.15. The van der Waals surface area contributed by atoms with Crippen molar-refractivity contribution in [1.29, 1.82) is 0 Å². The van der Waals surface area contributed by atoms with Crippen LogP contribution >= 0.6 is 0 Å². The molecule has 3 aromatic rings. The van der Waals surface area contributed by atoms with Crippen LogP contribution in [-0.2, 0) is 16.6 Å². The molecule has 1 saturated carbocycles. The first-order chi connectivity index (χ1) is 15.4. The van der Waals surface area contributed by atoms with Crippen LogP contribution in [-0.4, -0.2) is 12.7 Å². The van der Waals surface area contributed by atoms with Crippen LogP contribution in [0.2, 0.25) is 0 Å². The normalized spacial score (nSPS) is 15.6. The van der Waals surface area contributed by atoms with Gasteiger partial charge in [-0.3, -0.25) is 4.79 Å². The van der Waals surface area contributed by atoms with Gasteiger partial charge in [0.15, 0.2) is 11.5 Å². The maximum Gasteiger partial charge on any atom is 0.235 e. The topological polar surface area (TPSA) is 47.6 Å². The predicted octanol–water partition coefficient (Wildman–Crippen LogP) is 6.51. The van der Waals surface area contributed by atoms with Crippen LogP contribution < -0.4 is 14.8 Å². The highest BCUT2D eigenvalue weighted by atomic mass is 16.7. The molecule has 0 radical (unpaired) electrons. The van der Waals surface area contributed by atoms with Gasteiger partial charge in [-0.2, -0.15) is 0 Å². The zero-order valence-corrected chi connectivity index (χ0v) is 18.9. The van der Waals surface area contributed by atoms with Gasteiger partial charge in [0.25, 0.3) is 0 Å². The molecule has 2 aliphatic rings. The zero-order valence-electron chi connectivity index (χ0n) is 18.9. The molecule has 1 heterocycles. The molecule has 1 aliphatic heterocycles. The third-order valence-corrected chi connectivity index (χ3v) is 6.51. The molecule has 0 aromatic heterocycles. The van der Waals surface area contributed by atoms with Crippen LogP contribution in [0, 0.1) is 12.8 Å². The maximum absolute atomic E-state index is 13.3. The summed E-state index contributed by atoms with van der Waals surface area (Å²) in [6, 6.07) is 20.8. The molecule has 0 bridgehead atoms. The Balaban J connectivity index is 0.00000259. The summed E-state index contributed by atoms with van der Waals surface area (Å²) in [6.07, 6.45) is 2.76. The lowest BCUT2D eigenvalue weighted by Crippen LogP contribution is -2.27. The van der Waals surface area contributed by atoms with Crippen molar-refractivity contribution in [2.45, 2.75) is 45.4 Å². The number of anilines is 1. The predicted molar refractivity (Wildman–Crippen MR) is 129 cm³/mol. The van der Waals surface area contributed by atoms with Gasteiger partial charge in [-0.15, -0.1) is 0 Å². The van der Waals surface area contributed by atoms with Gasteiger partial charge >= 0.3 is 0 Å². The van der Waals surface area contributed by atoms with Crippen LogP contribution in [0.15, 0.2) is 60.7 Å². The van der Waals surface area contributed by atoms with Gasteiger partial charge in [-0.25, -0.2) is 0 Å². The van der Waals surface area contributed by atoms with Gasteiger partial charge < -0.3 is 14.8 Å². The van der Waals surface area contributed by atoms with Crippen molar-refractivity contribution in [2.24, 2.45) is 5.92 Å². The van der Waals surface area contributed by atoms with Crippen molar-refractivity contribution in [3.05, 3.63) is 77.4 Å². The van der Waals surface area contributed by atoms with Gasteiger partial charge in [0, 0.05) is 7.11 Å². The first-order valence-corrected chi connectivity index (χ1v) is 11.4. The number of hydrogen-bond donors (Lipinski definition) is 1. The summed E-state index contributed by atoms with van der Waals surface area (Å²) in [7, 11) is 0. The minimum atomic E-state index is -0.482. The summed E-state index contributed by atoms with van der Waals surface area (Å²) in [6.45, 7) is 6.82. The van der Waals surface area contributed by atoms with Crippen LogP contribution in [0.25, 0.3) is 11.1 Å². The van der Waals surface area contributed by atoms with E-state index in [4.69, 9.17) is 9.47 Å².